The zero-order chi connectivity index (χ0) is 23.8. The Balaban J connectivity index is 1.51. The fraction of sp³-hybridized carbons (Fsp3) is 0. The molecule has 33 heavy (non-hydrogen) atoms. The molecular formula is C22H15ClN4O6. The Morgan fingerprint density at radius 3 is 2.30 bits per heavy atom. The van der Waals surface area contributed by atoms with Crippen molar-refractivity contribution in [2.75, 3.05) is 5.32 Å². The number of carbonyl (C=O) groups excluding carboxylic acids is 3. The number of esters is 1. The largest absolute Gasteiger partial charge is 0.423 e. The zero-order valence-corrected chi connectivity index (χ0v) is 17.5. The summed E-state index contributed by atoms with van der Waals surface area (Å²) in [5, 5.41) is 17.2. The van der Waals surface area contributed by atoms with Crippen LogP contribution >= 0.6 is 11.6 Å². The first-order valence-corrected chi connectivity index (χ1v) is 9.66. The third-order valence-electron chi connectivity index (χ3n) is 4.07. The minimum atomic E-state index is -0.972. The van der Waals surface area contributed by atoms with Gasteiger partial charge in [-0.1, -0.05) is 17.7 Å². The van der Waals surface area contributed by atoms with Crippen molar-refractivity contribution in [2.24, 2.45) is 5.10 Å². The summed E-state index contributed by atoms with van der Waals surface area (Å²) in [4.78, 5) is 45.9. The molecule has 2 amide bonds. The molecule has 0 aliphatic heterocycles. The molecule has 0 saturated heterocycles. The van der Waals surface area contributed by atoms with Gasteiger partial charge in [0, 0.05) is 22.8 Å². The molecule has 0 aromatic heterocycles. The summed E-state index contributed by atoms with van der Waals surface area (Å²) in [6.45, 7) is 0. The molecule has 0 radical (unpaired) electrons. The van der Waals surface area contributed by atoms with Crippen molar-refractivity contribution >= 4 is 47.0 Å². The number of amides is 2. The van der Waals surface area contributed by atoms with Crippen LogP contribution in [0.5, 0.6) is 5.75 Å². The average Bonchev–Trinajstić information content (AvgIpc) is 2.80. The molecule has 0 unspecified atom stereocenters. The van der Waals surface area contributed by atoms with Crippen LogP contribution in [0, 0.1) is 10.1 Å². The van der Waals surface area contributed by atoms with E-state index in [-0.39, 0.29) is 17.0 Å². The topological polar surface area (TPSA) is 140 Å². The first-order chi connectivity index (χ1) is 15.8. The van der Waals surface area contributed by atoms with Crippen LogP contribution < -0.4 is 15.5 Å². The molecule has 0 aliphatic carbocycles. The van der Waals surface area contributed by atoms with Crippen LogP contribution in [0.3, 0.4) is 0 Å². The number of non-ortho nitro benzene ring substituents is 1. The fourth-order valence-corrected chi connectivity index (χ4v) is 2.67. The number of anilines is 1. The van der Waals surface area contributed by atoms with Crippen LogP contribution in [0.2, 0.25) is 5.02 Å². The lowest BCUT2D eigenvalue weighted by Gasteiger charge is -2.05. The van der Waals surface area contributed by atoms with Gasteiger partial charge in [0.1, 0.15) is 5.75 Å². The third kappa shape index (κ3) is 6.71. The molecule has 2 N–H and O–H groups in total. The van der Waals surface area contributed by atoms with E-state index in [1.165, 1.54) is 48.7 Å². The SMILES string of the molecule is O=C(N/N=C/c1ccc(OC(=O)c2ccc([N+](=O)[O-])cc2)cc1)C(=O)Nc1cccc(Cl)c1. The Morgan fingerprint density at radius 2 is 1.67 bits per heavy atom. The summed E-state index contributed by atoms with van der Waals surface area (Å²) in [6.07, 6.45) is 1.30. The quantitative estimate of drug-likeness (QED) is 0.142. The summed E-state index contributed by atoms with van der Waals surface area (Å²) in [5.41, 5.74) is 3.04. The molecule has 3 aromatic carbocycles. The number of rotatable bonds is 6. The molecule has 0 spiro atoms. The predicted molar refractivity (Wildman–Crippen MR) is 120 cm³/mol. The maximum Gasteiger partial charge on any atom is 0.343 e. The van der Waals surface area contributed by atoms with Gasteiger partial charge in [0.15, 0.2) is 0 Å². The molecule has 166 valence electrons. The van der Waals surface area contributed by atoms with E-state index < -0.39 is 22.7 Å². The number of benzene rings is 3. The predicted octanol–water partition coefficient (Wildman–Crippen LogP) is 3.56. The molecule has 0 fully saturated rings. The van der Waals surface area contributed by atoms with E-state index in [2.05, 4.69) is 15.8 Å². The maximum absolute atomic E-state index is 12.1. The number of nitro groups is 1. The van der Waals surface area contributed by atoms with Gasteiger partial charge in [-0.05, 0) is 60.2 Å². The Bertz CT molecular complexity index is 1230. The van der Waals surface area contributed by atoms with Crippen LogP contribution in [-0.2, 0) is 9.59 Å². The summed E-state index contributed by atoms with van der Waals surface area (Å²) in [5.74, 6) is -2.33. The lowest BCUT2D eigenvalue weighted by atomic mass is 10.2. The van der Waals surface area contributed by atoms with Crippen LogP contribution in [0.15, 0.2) is 77.9 Å². The molecule has 0 saturated carbocycles. The minimum Gasteiger partial charge on any atom is -0.423 e. The van der Waals surface area contributed by atoms with Crippen molar-refractivity contribution in [2.45, 2.75) is 0 Å². The standard InChI is InChI=1S/C22H15ClN4O6/c23-16-2-1-3-17(12-16)25-20(28)21(29)26-24-13-14-4-10-19(11-5-14)33-22(30)15-6-8-18(9-7-15)27(31)32/h1-13H,(H,25,28)(H,26,29)/b24-13+. The number of hydrogen-bond acceptors (Lipinski definition) is 7. The van der Waals surface area contributed by atoms with E-state index in [0.717, 1.165) is 0 Å². The number of nitrogens with zero attached hydrogens (tertiary/aromatic N) is 2. The fourth-order valence-electron chi connectivity index (χ4n) is 2.48. The highest BCUT2D eigenvalue weighted by Gasteiger charge is 2.13. The third-order valence-corrected chi connectivity index (χ3v) is 4.31. The van der Waals surface area contributed by atoms with E-state index >= 15 is 0 Å². The second-order valence-electron chi connectivity index (χ2n) is 6.43. The highest BCUT2D eigenvalue weighted by Crippen LogP contribution is 2.17. The molecule has 11 heteroatoms. The van der Waals surface area contributed by atoms with Crippen molar-refractivity contribution in [3.63, 3.8) is 0 Å². The first kappa shape index (κ1) is 23.1. The van der Waals surface area contributed by atoms with E-state index in [1.807, 2.05) is 0 Å². The summed E-state index contributed by atoms with van der Waals surface area (Å²) < 4.78 is 5.21. The smallest absolute Gasteiger partial charge is 0.343 e. The summed E-state index contributed by atoms with van der Waals surface area (Å²) >= 11 is 5.82. The van der Waals surface area contributed by atoms with Crippen molar-refractivity contribution in [3.05, 3.63) is 99.1 Å². The Hall–Kier alpha value is -4.57. The van der Waals surface area contributed by atoms with E-state index in [4.69, 9.17) is 16.3 Å². The van der Waals surface area contributed by atoms with Gasteiger partial charge in [0.2, 0.25) is 0 Å². The molecule has 0 bridgehead atoms. The highest BCUT2D eigenvalue weighted by atomic mass is 35.5. The summed E-state index contributed by atoms with van der Waals surface area (Å²) in [7, 11) is 0. The molecule has 10 nitrogen and oxygen atoms in total. The second kappa shape index (κ2) is 10.6. The Morgan fingerprint density at radius 1 is 0.970 bits per heavy atom. The van der Waals surface area contributed by atoms with Gasteiger partial charge in [-0.2, -0.15) is 5.10 Å². The van der Waals surface area contributed by atoms with Crippen LogP contribution in [0.4, 0.5) is 11.4 Å². The molecular weight excluding hydrogens is 452 g/mol. The monoisotopic (exact) mass is 466 g/mol. The van der Waals surface area contributed by atoms with Gasteiger partial charge < -0.3 is 10.1 Å². The normalized spacial score (nSPS) is 10.5. The number of halogens is 1. The lowest BCUT2D eigenvalue weighted by Crippen LogP contribution is -2.32. The van der Waals surface area contributed by atoms with Crippen molar-refractivity contribution in [3.8, 4) is 5.75 Å². The maximum atomic E-state index is 12.1. The lowest BCUT2D eigenvalue weighted by molar-refractivity contribution is -0.384. The van der Waals surface area contributed by atoms with E-state index in [9.17, 15) is 24.5 Å². The molecule has 0 atom stereocenters. The van der Waals surface area contributed by atoms with Gasteiger partial charge in [-0.3, -0.25) is 19.7 Å². The number of hydrogen-bond donors (Lipinski definition) is 2. The Kier molecular flexibility index (Phi) is 7.45. The number of nitrogens with one attached hydrogen (secondary N) is 2. The van der Waals surface area contributed by atoms with E-state index in [1.54, 1.807) is 30.3 Å². The minimum absolute atomic E-state index is 0.135. The second-order valence-corrected chi connectivity index (χ2v) is 6.86. The zero-order valence-electron chi connectivity index (χ0n) is 16.7. The number of carbonyl (C=O) groups is 3. The van der Waals surface area contributed by atoms with Crippen LogP contribution in [-0.4, -0.2) is 28.9 Å². The molecule has 0 aliphatic rings. The van der Waals surface area contributed by atoms with Gasteiger partial charge in [-0.25, -0.2) is 10.2 Å². The number of hydrazone groups is 1. The first-order valence-electron chi connectivity index (χ1n) is 9.28. The van der Waals surface area contributed by atoms with Gasteiger partial charge in [0.25, 0.3) is 5.69 Å². The van der Waals surface area contributed by atoms with Gasteiger partial charge in [-0.15, -0.1) is 0 Å². The van der Waals surface area contributed by atoms with Crippen LogP contribution in [0.1, 0.15) is 15.9 Å². The Labute approximate surface area is 192 Å². The average molecular weight is 467 g/mol. The molecule has 3 aromatic rings. The van der Waals surface area contributed by atoms with Gasteiger partial charge >= 0.3 is 17.8 Å². The highest BCUT2D eigenvalue weighted by molar-refractivity contribution is 6.39. The summed E-state index contributed by atoms with van der Waals surface area (Å²) in [6, 6.07) is 17.5. The van der Waals surface area contributed by atoms with Crippen LogP contribution in [0.25, 0.3) is 0 Å². The number of nitro benzene ring substituents is 1. The van der Waals surface area contributed by atoms with Gasteiger partial charge in [0.05, 0.1) is 16.7 Å². The van der Waals surface area contributed by atoms with Crippen molar-refractivity contribution < 1.29 is 24.0 Å². The molecule has 0 heterocycles. The van der Waals surface area contributed by atoms with Crippen molar-refractivity contribution in [1.82, 2.24) is 5.43 Å². The molecule has 3 rings (SSSR count). The van der Waals surface area contributed by atoms with E-state index in [0.29, 0.717) is 16.3 Å². The van der Waals surface area contributed by atoms with Crippen molar-refractivity contribution in [1.29, 1.82) is 0 Å². The number of ether oxygens (including phenoxy) is 1.